The minimum Gasteiger partial charge on any atom is -0.396 e. The van der Waals surface area contributed by atoms with Crippen LogP contribution in [0.15, 0.2) is 24.3 Å². The van der Waals surface area contributed by atoms with Gasteiger partial charge in [0.25, 0.3) is 0 Å². The Morgan fingerprint density at radius 1 is 1.05 bits per heavy atom. The fraction of sp³-hybridized carbons (Fsp3) is 0.647. The first-order chi connectivity index (χ1) is 10.1. The molecule has 0 atom stereocenters. The van der Waals surface area contributed by atoms with Gasteiger partial charge < -0.3 is 20.4 Å². The van der Waals surface area contributed by atoms with E-state index in [2.05, 4.69) is 55.3 Å². The predicted molar refractivity (Wildman–Crippen MR) is 90.0 cm³/mol. The Hall–Kier alpha value is -1.26. The first-order valence-corrected chi connectivity index (χ1v) is 7.95. The van der Waals surface area contributed by atoms with Crippen molar-refractivity contribution in [1.29, 1.82) is 0 Å². The minimum atomic E-state index is -0.0367. The van der Waals surface area contributed by atoms with Gasteiger partial charge in [-0.2, -0.15) is 0 Å². The van der Waals surface area contributed by atoms with E-state index in [0.29, 0.717) is 6.54 Å². The van der Waals surface area contributed by atoms with Gasteiger partial charge >= 0.3 is 0 Å². The van der Waals surface area contributed by atoms with Gasteiger partial charge in [-0.15, -0.1) is 0 Å². The van der Waals surface area contributed by atoms with E-state index in [4.69, 9.17) is 5.11 Å². The Labute approximate surface area is 128 Å². The van der Waals surface area contributed by atoms with Gasteiger partial charge in [0.15, 0.2) is 0 Å². The fourth-order valence-electron chi connectivity index (χ4n) is 2.45. The molecular weight excluding hydrogens is 264 g/mol. The predicted octanol–water partition coefficient (Wildman–Crippen LogP) is 2.72. The van der Waals surface area contributed by atoms with Gasteiger partial charge in [0.1, 0.15) is 0 Å². The van der Waals surface area contributed by atoms with Crippen molar-refractivity contribution in [2.45, 2.75) is 33.6 Å². The average Bonchev–Trinajstić information content (AvgIpc) is 2.55. The summed E-state index contributed by atoms with van der Waals surface area (Å²) in [7, 11) is 0. The van der Waals surface area contributed by atoms with Crippen molar-refractivity contribution >= 4 is 11.4 Å². The van der Waals surface area contributed by atoms with E-state index in [9.17, 15) is 5.11 Å². The highest BCUT2D eigenvalue weighted by Gasteiger charge is 2.24. The minimum absolute atomic E-state index is 0.0367. The molecule has 0 aliphatic heterocycles. The molecule has 0 fully saturated rings. The second kappa shape index (κ2) is 8.90. The van der Waals surface area contributed by atoms with Gasteiger partial charge in [0, 0.05) is 36.4 Å². The molecule has 0 radical (unpaired) electrons. The summed E-state index contributed by atoms with van der Waals surface area (Å²) in [4.78, 5) is 2.14. The number of aliphatic hydroxyl groups is 2. The Kier molecular flexibility index (Phi) is 7.54. The van der Waals surface area contributed by atoms with Crippen LogP contribution in [0.2, 0.25) is 0 Å². The molecule has 21 heavy (non-hydrogen) atoms. The Morgan fingerprint density at radius 3 is 2.10 bits per heavy atom. The van der Waals surface area contributed by atoms with Crippen molar-refractivity contribution in [2.24, 2.45) is 5.41 Å². The Morgan fingerprint density at radius 2 is 1.67 bits per heavy atom. The van der Waals surface area contributed by atoms with Crippen LogP contribution in [0.25, 0.3) is 0 Å². The lowest BCUT2D eigenvalue weighted by Crippen LogP contribution is -2.32. The van der Waals surface area contributed by atoms with Gasteiger partial charge in [0.2, 0.25) is 0 Å². The first-order valence-electron chi connectivity index (χ1n) is 7.95. The van der Waals surface area contributed by atoms with Gasteiger partial charge in [-0.1, -0.05) is 13.8 Å². The van der Waals surface area contributed by atoms with Gasteiger partial charge in [-0.25, -0.2) is 0 Å². The van der Waals surface area contributed by atoms with E-state index < -0.39 is 0 Å². The van der Waals surface area contributed by atoms with Crippen molar-refractivity contribution in [3.63, 3.8) is 0 Å². The van der Waals surface area contributed by atoms with Gasteiger partial charge in [-0.3, -0.25) is 0 Å². The highest BCUT2D eigenvalue weighted by Crippen LogP contribution is 2.26. The summed E-state index contributed by atoms with van der Waals surface area (Å²) in [6.07, 6.45) is 1.93. The summed E-state index contributed by atoms with van der Waals surface area (Å²) in [5.41, 5.74) is 2.15. The van der Waals surface area contributed by atoms with Crippen molar-refractivity contribution in [1.82, 2.24) is 0 Å². The lowest BCUT2D eigenvalue weighted by atomic mass is 9.83. The molecular formula is C17H30N2O2. The molecule has 0 aliphatic rings. The molecule has 0 saturated heterocycles. The van der Waals surface area contributed by atoms with E-state index in [1.807, 2.05) is 0 Å². The van der Waals surface area contributed by atoms with Crippen LogP contribution in [0, 0.1) is 5.41 Å². The maximum absolute atomic E-state index is 9.59. The van der Waals surface area contributed by atoms with Crippen molar-refractivity contribution < 1.29 is 10.2 Å². The van der Waals surface area contributed by atoms with Gasteiger partial charge in [0.05, 0.1) is 13.2 Å². The summed E-state index contributed by atoms with van der Waals surface area (Å²) < 4.78 is 0. The zero-order chi connectivity index (χ0) is 15.7. The summed E-state index contributed by atoms with van der Waals surface area (Å²) >= 11 is 0. The average molecular weight is 294 g/mol. The molecule has 0 saturated carbocycles. The molecule has 0 aromatic heterocycles. The Bertz CT molecular complexity index is 380. The smallest absolute Gasteiger partial charge is 0.0606 e. The van der Waals surface area contributed by atoms with Crippen LogP contribution in [0.3, 0.4) is 0 Å². The summed E-state index contributed by atoms with van der Waals surface area (Å²) in [5, 5.41) is 22.1. The quantitative estimate of drug-likeness (QED) is 0.621. The molecule has 0 spiro atoms. The molecule has 4 nitrogen and oxygen atoms in total. The first kappa shape index (κ1) is 17.8. The van der Waals surface area contributed by atoms with E-state index in [1.165, 1.54) is 0 Å². The number of hydrogen-bond donors (Lipinski definition) is 3. The van der Waals surface area contributed by atoms with Crippen molar-refractivity contribution in [2.75, 3.05) is 43.1 Å². The molecule has 0 amide bonds. The molecule has 3 N–H and O–H groups in total. The van der Waals surface area contributed by atoms with Crippen LogP contribution in [-0.2, 0) is 0 Å². The van der Waals surface area contributed by atoms with Crippen LogP contribution >= 0.6 is 0 Å². The highest BCUT2D eigenvalue weighted by atomic mass is 16.3. The Balaban J connectivity index is 2.66. The molecule has 1 aromatic rings. The second-order valence-corrected chi connectivity index (χ2v) is 5.57. The van der Waals surface area contributed by atoms with Crippen LogP contribution < -0.4 is 10.2 Å². The molecule has 1 aromatic carbocycles. The number of nitrogens with zero attached hydrogens (tertiary/aromatic N) is 1. The molecule has 0 aliphatic carbocycles. The third-order valence-electron chi connectivity index (χ3n) is 4.49. The number of likely N-dealkylation sites (N-methyl/N-ethyl adjacent to an activating group) is 1. The number of anilines is 2. The standard InChI is InChI=1S/C17H30N2O2/c1-4-17(5-2,14-21)13-18-15-7-9-16(10-8-15)19(6-3)11-12-20/h7-10,18,20-21H,4-6,11-14H2,1-3H3. The number of aliphatic hydroxyl groups excluding tert-OH is 2. The maximum Gasteiger partial charge on any atom is 0.0606 e. The van der Waals surface area contributed by atoms with Crippen LogP contribution in [0.5, 0.6) is 0 Å². The molecule has 4 heteroatoms. The number of rotatable bonds is 10. The van der Waals surface area contributed by atoms with E-state index in [1.54, 1.807) is 0 Å². The topological polar surface area (TPSA) is 55.7 Å². The third-order valence-corrected chi connectivity index (χ3v) is 4.49. The second-order valence-electron chi connectivity index (χ2n) is 5.57. The molecule has 120 valence electrons. The zero-order valence-electron chi connectivity index (χ0n) is 13.6. The summed E-state index contributed by atoms with van der Waals surface area (Å²) in [6, 6.07) is 8.26. The SMILES string of the molecule is CCN(CCO)c1ccc(NCC(CC)(CC)CO)cc1. The zero-order valence-corrected chi connectivity index (χ0v) is 13.6. The number of hydrogen-bond acceptors (Lipinski definition) is 4. The summed E-state index contributed by atoms with van der Waals surface area (Å²) in [6.45, 7) is 9.03. The largest absolute Gasteiger partial charge is 0.396 e. The van der Waals surface area contributed by atoms with Crippen molar-refractivity contribution in [3.8, 4) is 0 Å². The van der Waals surface area contributed by atoms with Gasteiger partial charge in [-0.05, 0) is 44.0 Å². The highest BCUT2D eigenvalue weighted by molar-refractivity contribution is 5.55. The number of benzene rings is 1. The maximum atomic E-state index is 9.59. The van der Waals surface area contributed by atoms with Crippen LogP contribution in [0.1, 0.15) is 33.6 Å². The van der Waals surface area contributed by atoms with E-state index in [-0.39, 0.29) is 18.6 Å². The molecule has 0 heterocycles. The lowest BCUT2D eigenvalue weighted by Gasteiger charge is -2.30. The molecule has 1 rings (SSSR count). The molecule has 0 unspecified atom stereocenters. The van der Waals surface area contributed by atoms with E-state index in [0.717, 1.165) is 37.3 Å². The lowest BCUT2D eigenvalue weighted by molar-refractivity contribution is 0.127. The van der Waals surface area contributed by atoms with Crippen LogP contribution in [-0.4, -0.2) is 43.1 Å². The number of nitrogens with one attached hydrogen (secondary N) is 1. The summed E-state index contributed by atoms with van der Waals surface area (Å²) in [5.74, 6) is 0. The normalized spacial score (nSPS) is 11.5. The van der Waals surface area contributed by atoms with Crippen LogP contribution in [0.4, 0.5) is 11.4 Å². The molecule has 0 bridgehead atoms. The third kappa shape index (κ3) is 4.90. The monoisotopic (exact) mass is 294 g/mol. The van der Waals surface area contributed by atoms with E-state index >= 15 is 0 Å². The fourth-order valence-corrected chi connectivity index (χ4v) is 2.45. The van der Waals surface area contributed by atoms with Crippen molar-refractivity contribution in [3.05, 3.63) is 24.3 Å².